The summed E-state index contributed by atoms with van der Waals surface area (Å²) in [4.78, 5) is 23.1. The fourth-order valence-electron chi connectivity index (χ4n) is 2.01. The third kappa shape index (κ3) is 5.28. The van der Waals surface area contributed by atoms with Crippen molar-refractivity contribution in [2.24, 2.45) is 0 Å². The second kappa shape index (κ2) is 7.87. The molecule has 7 heteroatoms. The molecule has 0 heterocycles. The highest BCUT2D eigenvalue weighted by atomic mass is 16.6. The van der Waals surface area contributed by atoms with Crippen molar-refractivity contribution < 1.29 is 34.8 Å². The van der Waals surface area contributed by atoms with Crippen molar-refractivity contribution >= 4 is 18.0 Å². The van der Waals surface area contributed by atoms with E-state index in [0.717, 1.165) is 6.08 Å². The number of esters is 1. The standard InChI is InChI=1S/C18H16O7/c19-13-5-1-12(2-6-13)10-16(18(23)24)25-17(22)8-4-11-3-7-14(20)15(21)9-11/h1-9,16,19-21H,10H2,(H,23,24)/b8-4+/t16-/m1/s1. The summed E-state index contributed by atoms with van der Waals surface area (Å²) in [5.41, 5.74) is 1.02. The van der Waals surface area contributed by atoms with Gasteiger partial charge >= 0.3 is 11.9 Å². The van der Waals surface area contributed by atoms with E-state index in [1.165, 1.54) is 48.5 Å². The summed E-state index contributed by atoms with van der Waals surface area (Å²) in [6, 6.07) is 9.85. The van der Waals surface area contributed by atoms with Crippen molar-refractivity contribution in [1.29, 1.82) is 0 Å². The number of rotatable bonds is 6. The maximum atomic E-state index is 11.8. The first kappa shape index (κ1) is 17.9. The van der Waals surface area contributed by atoms with E-state index >= 15 is 0 Å². The van der Waals surface area contributed by atoms with Gasteiger partial charge in [0.15, 0.2) is 11.5 Å². The lowest BCUT2D eigenvalue weighted by molar-refractivity contribution is -0.160. The molecule has 1 atom stereocenters. The van der Waals surface area contributed by atoms with Gasteiger partial charge in [0, 0.05) is 12.5 Å². The Morgan fingerprint density at radius 1 is 1.00 bits per heavy atom. The smallest absolute Gasteiger partial charge is 0.345 e. The fraction of sp³-hybridized carbons (Fsp3) is 0.111. The third-order valence-corrected chi connectivity index (χ3v) is 3.30. The lowest BCUT2D eigenvalue weighted by atomic mass is 10.1. The average Bonchev–Trinajstić information content (AvgIpc) is 2.57. The van der Waals surface area contributed by atoms with E-state index in [0.29, 0.717) is 11.1 Å². The van der Waals surface area contributed by atoms with Crippen LogP contribution in [-0.4, -0.2) is 38.5 Å². The van der Waals surface area contributed by atoms with E-state index in [2.05, 4.69) is 0 Å². The number of hydrogen-bond donors (Lipinski definition) is 4. The molecule has 0 aliphatic rings. The molecule has 0 bridgehead atoms. The molecule has 0 aliphatic heterocycles. The SMILES string of the molecule is O=C(/C=C/c1ccc(O)c(O)c1)O[C@H](Cc1ccc(O)cc1)C(=O)O. The van der Waals surface area contributed by atoms with Crippen molar-refractivity contribution in [2.45, 2.75) is 12.5 Å². The highest BCUT2D eigenvalue weighted by Crippen LogP contribution is 2.25. The molecule has 0 fully saturated rings. The highest BCUT2D eigenvalue weighted by Gasteiger charge is 2.21. The number of carbonyl (C=O) groups excluding carboxylic acids is 1. The Hall–Kier alpha value is -3.48. The number of hydrogen-bond acceptors (Lipinski definition) is 6. The van der Waals surface area contributed by atoms with Gasteiger partial charge in [-0.25, -0.2) is 9.59 Å². The molecule has 0 saturated heterocycles. The summed E-state index contributed by atoms with van der Waals surface area (Å²) in [5.74, 6) is -2.74. The first-order chi connectivity index (χ1) is 11.8. The number of aromatic hydroxyl groups is 3. The predicted molar refractivity (Wildman–Crippen MR) is 88.1 cm³/mol. The first-order valence-corrected chi connectivity index (χ1v) is 7.26. The molecule has 0 aliphatic carbocycles. The van der Waals surface area contributed by atoms with Gasteiger partial charge in [0.1, 0.15) is 5.75 Å². The van der Waals surface area contributed by atoms with Crippen LogP contribution in [0, 0.1) is 0 Å². The zero-order valence-electron chi connectivity index (χ0n) is 13.0. The Morgan fingerprint density at radius 2 is 1.68 bits per heavy atom. The van der Waals surface area contributed by atoms with E-state index < -0.39 is 18.0 Å². The van der Waals surface area contributed by atoms with E-state index in [1.54, 1.807) is 0 Å². The summed E-state index contributed by atoms with van der Waals surface area (Å²) in [6.45, 7) is 0. The molecule has 0 amide bonds. The summed E-state index contributed by atoms with van der Waals surface area (Å²) < 4.78 is 4.92. The molecule has 2 aromatic rings. The molecule has 130 valence electrons. The third-order valence-electron chi connectivity index (χ3n) is 3.30. The number of phenols is 3. The Bertz CT molecular complexity index is 794. The topological polar surface area (TPSA) is 124 Å². The number of carboxylic acid groups (broad SMARTS) is 1. The number of carbonyl (C=O) groups is 2. The molecule has 2 rings (SSSR count). The summed E-state index contributed by atoms with van der Waals surface area (Å²) in [7, 11) is 0. The minimum absolute atomic E-state index is 0.0464. The lowest BCUT2D eigenvalue weighted by Crippen LogP contribution is -2.28. The predicted octanol–water partition coefficient (Wildman–Crippen LogP) is 2.06. The van der Waals surface area contributed by atoms with Crippen LogP contribution < -0.4 is 0 Å². The molecule has 0 radical (unpaired) electrons. The maximum Gasteiger partial charge on any atom is 0.345 e. The van der Waals surface area contributed by atoms with Crippen LogP contribution in [0.25, 0.3) is 6.08 Å². The summed E-state index contributed by atoms with van der Waals surface area (Å²) >= 11 is 0. The van der Waals surface area contributed by atoms with E-state index in [9.17, 15) is 30.0 Å². The number of benzene rings is 2. The van der Waals surface area contributed by atoms with Gasteiger partial charge in [0.25, 0.3) is 0 Å². The highest BCUT2D eigenvalue weighted by molar-refractivity contribution is 5.89. The number of aliphatic carboxylic acids is 1. The molecule has 0 spiro atoms. The minimum atomic E-state index is -1.38. The van der Waals surface area contributed by atoms with Crippen LogP contribution in [0.15, 0.2) is 48.5 Å². The van der Waals surface area contributed by atoms with Gasteiger partial charge in [-0.15, -0.1) is 0 Å². The van der Waals surface area contributed by atoms with Crippen molar-refractivity contribution in [3.8, 4) is 17.2 Å². The number of phenolic OH excluding ortho intramolecular Hbond substituents is 3. The van der Waals surface area contributed by atoms with E-state index in [4.69, 9.17) is 4.74 Å². The van der Waals surface area contributed by atoms with Crippen LogP contribution in [0.2, 0.25) is 0 Å². The first-order valence-electron chi connectivity index (χ1n) is 7.26. The normalized spacial score (nSPS) is 12.0. The van der Waals surface area contributed by atoms with E-state index in [1.807, 2.05) is 0 Å². The van der Waals surface area contributed by atoms with Gasteiger partial charge in [0.05, 0.1) is 0 Å². The van der Waals surface area contributed by atoms with Crippen LogP contribution in [0.4, 0.5) is 0 Å². The van der Waals surface area contributed by atoms with Crippen LogP contribution in [-0.2, 0) is 20.7 Å². The quantitative estimate of drug-likeness (QED) is 0.359. The van der Waals surface area contributed by atoms with E-state index in [-0.39, 0.29) is 23.7 Å². The second-order valence-corrected chi connectivity index (χ2v) is 5.22. The fourth-order valence-corrected chi connectivity index (χ4v) is 2.01. The molecular weight excluding hydrogens is 328 g/mol. The monoisotopic (exact) mass is 344 g/mol. The van der Waals surface area contributed by atoms with Crippen molar-refractivity contribution in [1.82, 2.24) is 0 Å². The molecule has 25 heavy (non-hydrogen) atoms. The summed E-state index contributed by atoms with van der Waals surface area (Å²) in [5, 5.41) is 37.0. The Labute approximate surface area is 143 Å². The largest absolute Gasteiger partial charge is 0.508 e. The molecular formula is C18H16O7. The molecule has 7 nitrogen and oxygen atoms in total. The maximum absolute atomic E-state index is 11.8. The molecule has 0 unspecified atom stereocenters. The van der Waals surface area contributed by atoms with Gasteiger partial charge in [-0.3, -0.25) is 0 Å². The van der Waals surface area contributed by atoms with Gasteiger partial charge in [-0.05, 0) is 41.5 Å². The van der Waals surface area contributed by atoms with Crippen LogP contribution >= 0.6 is 0 Å². The van der Waals surface area contributed by atoms with Gasteiger partial charge in [-0.2, -0.15) is 0 Å². The molecule has 2 aromatic carbocycles. The van der Waals surface area contributed by atoms with Crippen LogP contribution in [0.1, 0.15) is 11.1 Å². The van der Waals surface area contributed by atoms with Gasteiger partial charge in [-0.1, -0.05) is 18.2 Å². The summed E-state index contributed by atoms with van der Waals surface area (Å²) in [6.07, 6.45) is 0.921. The zero-order valence-corrected chi connectivity index (χ0v) is 13.0. The zero-order chi connectivity index (χ0) is 18.4. The Morgan fingerprint density at radius 3 is 2.28 bits per heavy atom. The molecule has 0 aromatic heterocycles. The molecule has 4 N–H and O–H groups in total. The Kier molecular flexibility index (Phi) is 5.62. The van der Waals surface area contributed by atoms with Gasteiger partial charge < -0.3 is 25.2 Å². The van der Waals surface area contributed by atoms with Gasteiger partial charge in [0.2, 0.25) is 6.10 Å². The number of carboxylic acids is 1. The van der Waals surface area contributed by atoms with Crippen molar-refractivity contribution in [3.63, 3.8) is 0 Å². The lowest BCUT2D eigenvalue weighted by Gasteiger charge is -2.12. The van der Waals surface area contributed by atoms with Crippen molar-refractivity contribution in [2.75, 3.05) is 0 Å². The second-order valence-electron chi connectivity index (χ2n) is 5.22. The van der Waals surface area contributed by atoms with Crippen molar-refractivity contribution in [3.05, 3.63) is 59.7 Å². The van der Waals surface area contributed by atoms with Crippen LogP contribution in [0.3, 0.4) is 0 Å². The number of ether oxygens (including phenoxy) is 1. The minimum Gasteiger partial charge on any atom is -0.508 e. The average molecular weight is 344 g/mol. The Balaban J connectivity index is 2.01. The molecule has 0 saturated carbocycles. The van der Waals surface area contributed by atoms with Crippen LogP contribution in [0.5, 0.6) is 17.2 Å².